The molecule has 0 aliphatic heterocycles. The number of nitrogens with one attached hydrogen (secondary N) is 4. The maximum atomic E-state index is 12.6. The molecule has 1 aromatic heterocycles. The van der Waals surface area contributed by atoms with Crippen LogP contribution in [-0.2, 0) is 30.4 Å². The number of carbonyl (C=O) groups is 5. The number of imidazole rings is 1. The van der Waals surface area contributed by atoms with E-state index in [-0.39, 0.29) is 12.2 Å². The number of carboxylic acid groups (broad SMARTS) is 2. The lowest BCUT2D eigenvalue weighted by molar-refractivity contribution is -0.141. The third kappa shape index (κ3) is 8.08. The molecule has 1 rings (SSSR count). The van der Waals surface area contributed by atoms with E-state index in [0.717, 1.165) is 0 Å². The van der Waals surface area contributed by atoms with Gasteiger partial charge in [-0.25, -0.2) is 4.98 Å². The highest BCUT2D eigenvalue weighted by atomic mass is 32.1. The number of carboxylic acids is 2. The smallest absolute Gasteiger partial charge is 0.325 e. The molecule has 1 aromatic rings. The Kier molecular flexibility index (Phi) is 9.77. The minimum atomic E-state index is -1.38. The zero-order valence-corrected chi connectivity index (χ0v) is 16.9. The van der Waals surface area contributed by atoms with Crippen molar-refractivity contribution in [3.63, 3.8) is 0 Å². The summed E-state index contributed by atoms with van der Waals surface area (Å²) in [4.78, 5) is 65.2. The van der Waals surface area contributed by atoms with Gasteiger partial charge < -0.3 is 36.9 Å². The molecule has 1 heterocycles. The molecule has 0 bridgehead atoms. The van der Waals surface area contributed by atoms with E-state index < -0.39 is 60.2 Å². The minimum absolute atomic E-state index is 0.0321. The number of nitrogens with two attached hydrogens (primary N) is 1. The van der Waals surface area contributed by atoms with E-state index >= 15 is 0 Å². The molecule has 0 aliphatic rings. The van der Waals surface area contributed by atoms with E-state index in [0.29, 0.717) is 5.69 Å². The van der Waals surface area contributed by atoms with Gasteiger partial charge in [-0.3, -0.25) is 24.0 Å². The molecule has 0 saturated carbocycles. The highest BCUT2D eigenvalue weighted by Gasteiger charge is 2.29. The van der Waals surface area contributed by atoms with E-state index in [9.17, 15) is 24.0 Å². The number of hydrogen-bond acceptors (Lipinski definition) is 8. The van der Waals surface area contributed by atoms with Crippen molar-refractivity contribution >= 4 is 42.3 Å². The predicted molar refractivity (Wildman–Crippen MR) is 105 cm³/mol. The van der Waals surface area contributed by atoms with Crippen LogP contribution in [0.5, 0.6) is 0 Å². The lowest BCUT2D eigenvalue weighted by Crippen LogP contribution is -2.58. The van der Waals surface area contributed by atoms with Crippen LogP contribution in [0.15, 0.2) is 12.5 Å². The number of carbonyl (C=O) groups excluding carboxylic acids is 3. The molecule has 14 heteroatoms. The first-order chi connectivity index (χ1) is 14.0. The Labute approximate surface area is 176 Å². The highest BCUT2D eigenvalue weighted by Crippen LogP contribution is 2.02. The third-order valence-corrected chi connectivity index (χ3v) is 4.25. The van der Waals surface area contributed by atoms with Crippen molar-refractivity contribution in [2.75, 3.05) is 5.75 Å². The van der Waals surface area contributed by atoms with Gasteiger partial charge in [0.1, 0.15) is 18.1 Å². The van der Waals surface area contributed by atoms with Gasteiger partial charge in [-0.15, -0.1) is 0 Å². The first kappa shape index (κ1) is 24.9. The van der Waals surface area contributed by atoms with Crippen LogP contribution >= 0.6 is 12.6 Å². The van der Waals surface area contributed by atoms with Gasteiger partial charge >= 0.3 is 11.9 Å². The van der Waals surface area contributed by atoms with Gasteiger partial charge in [-0.2, -0.15) is 12.6 Å². The zero-order valence-electron chi connectivity index (χ0n) is 16.0. The standard InChI is InChI=1S/C16H24N6O7S/c1-7(16(28)29)20-14(26)10(2-8-4-18-6-19-8)21-15(27)11(5-30)22-13(25)9(17)3-12(23)24/h4,6-7,9-11,30H,2-3,5,17H2,1H3,(H,18,19)(H,20,26)(H,21,27)(H,22,25)(H,23,24)(H,28,29)/t7-,9-,10-,11-/m0/s1. The summed E-state index contributed by atoms with van der Waals surface area (Å²) in [6.45, 7) is 1.26. The Balaban J connectivity index is 2.87. The van der Waals surface area contributed by atoms with E-state index in [1.54, 1.807) is 0 Å². The Hall–Kier alpha value is -3.13. The van der Waals surface area contributed by atoms with Crippen molar-refractivity contribution in [1.82, 2.24) is 25.9 Å². The molecule has 8 N–H and O–H groups in total. The molecule has 0 radical (unpaired) electrons. The van der Waals surface area contributed by atoms with Crippen molar-refractivity contribution in [1.29, 1.82) is 0 Å². The molecule has 0 aromatic carbocycles. The first-order valence-electron chi connectivity index (χ1n) is 8.74. The number of aliphatic carboxylic acids is 2. The van der Waals surface area contributed by atoms with Crippen LogP contribution < -0.4 is 21.7 Å². The van der Waals surface area contributed by atoms with E-state index in [1.165, 1.54) is 19.4 Å². The SMILES string of the molecule is C[C@H](NC(=O)[C@H](Cc1cnc[nH]1)NC(=O)[C@H](CS)NC(=O)[C@@H](N)CC(=O)O)C(=O)O. The van der Waals surface area contributed by atoms with Crippen LogP contribution in [0.4, 0.5) is 0 Å². The predicted octanol–water partition coefficient (Wildman–Crippen LogP) is -2.76. The molecule has 3 amide bonds. The quantitative estimate of drug-likeness (QED) is 0.156. The Morgan fingerprint density at radius 1 is 1.10 bits per heavy atom. The fourth-order valence-electron chi connectivity index (χ4n) is 2.23. The number of hydrogen-bond donors (Lipinski definition) is 8. The molecule has 30 heavy (non-hydrogen) atoms. The molecule has 0 aliphatic carbocycles. The van der Waals surface area contributed by atoms with Gasteiger partial charge in [-0.1, -0.05) is 0 Å². The van der Waals surface area contributed by atoms with Gasteiger partial charge in [0, 0.05) is 24.1 Å². The van der Waals surface area contributed by atoms with Gasteiger partial charge in [0.2, 0.25) is 17.7 Å². The van der Waals surface area contributed by atoms with Crippen LogP contribution in [0, 0.1) is 0 Å². The molecule has 0 saturated heterocycles. The van der Waals surface area contributed by atoms with Crippen molar-refractivity contribution in [3.8, 4) is 0 Å². The largest absolute Gasteiger partial charge is 0.481 e. The van der Waals surface area contributed by atoms with Crippen LogP contribution in [-0.4, -0.2) is 79.8 Å². The summed E-state index contributed by atoms with van der Waals surface area (Å²) in [6, 6.07) is -4.98. The second kappa shape index (κ2) is 11.8. The number of thiol groups is 1. The average Bonchev–Trinajstić information content (AvgIpc) is 3.17. The lowest BCUT2D eigenvalue weighted by atomic mass is 10.1. The summed E-state index contributed by atoms with van der Waals surface area (Å²) in [5, 5.41) is 24.6. The van der Waals surface area contributed by atoms with Gasteiger partial charge in [0.15, 0.2) is 0 Å². The average molecular weight is 444 g/mol. The van der Waals surface area contributed by atoms with Crippen molar-refractivity contribution in [2.45, 2.75) is 43.9 Å². The lowest BCUT2D eigenvalue weighted by Gasteiger charge is -2.23. The summed E-state index contributed by atoms with van der Waals surface area (Å²) in [5.74, 6) is -5.14. The molecule has 4 atom stereocenters. The number of nitrogens with zero attached hydrogens (tertiary/aromatic N) is 1. The fourth-order valence-corrected chi connectivity index (χ4v) is 2.48. The van der Waals surface area contributed by atoms with E-state index in [2.05, 4.69) is 38.5 Å². The van der Waals surface area contributed by atoms with Gasteiger partial charge in [-0.05, 0) is 6.92 Å². The topological polar surface area (TPSA) is 217 Å². The molecule has 13 nitrogen and oxygen atoms in total. The summed E-state index contributed by atoms with van der Waals surface area (Å²) in [5.41, 5.74) is 5.96. The number of amides is 3. The number of aromatic nitrogens is 2. The van der Waals surface area contributed by atoms with Gasteiger partial charge in [0.05, 0.1) is 18.8 Å². The summed E-state index contributed by atoms with van der Waals surface area (Å²) in [7, 11) is 0. The van der Waals surface area contributed by atoms with Crippen molar-refractivity contribution in [2.24, 2.45) is 5.73 Å². The van der Waals surface area contributed by atoms with Crippen LogP contribution in [0.1, 0.15) is 19.0 Å². The summed E-state index contributed by atoms with van der Waals surface area (Å²) in [6.07, 6.45) is 2.13. The molecule has 0 fully saturated rings. The zero-order chi connectivity index (χ0) is 22.8. The Morgan fingerprint density at radius 3 is 2.20 bits per heavy atom. The van der Waals surface area contributed by atoms with Crippen molar-refractivity contribution < 1.29 is 34.2 Å². The fraction of sp³-hybridized carbons (Fsp3) is 0.500. The molecular formula is C16H24N6O7S. The van der Waals surface area contributed by atoms with Crippen LogP contribution in [0.3, 0.4) is 0 Å². The normalized spacial score (nSPS) is 14.6. The molecule has 0 unspecified atom stereocenters. The maximum absolute atomic E-state index is 12.6. The van der Waals surface area contributed by atoms with E-state index in [1.807, 2.05) is 0 Å². The second-order valence-electron chi connectivity index (χ2n) is 6.36. The Morgan fingerprint density at radius 2 is 1.70 bits per heavy atom. The van der Waals surface area contributed by atoms with Gasteiger partial charge in [0.25, 0.3) is 0 Å². The van der Waals surface area contributed by atoms with Crippen LogP contribution in [0.25, 0.3) is 0 Å². The third-order valence-electron chi connectivity index (χ3n) is 3.89. The summed E-state index contributed by atoms with van der Waals surface area (Å²) < 4.78 is 0. The molecule has 0 spiro atoms. The highest BCUT2D eigenvalue weighted by molar-refractivity contribution is 7.80. The number of aromatic amines is 1. The molecule has 166 valence electrons. The van der Waals surface area contributed by atoms with Crippen molar-refractivity contribution in [3.05, 3.63) is 18.2 Å². The second-order valence-corrected chi connectivity index (χ2v) is 6.72. The maximum Gasteiger partial charge on any atom is 0.325 e. The van der Waals surface area contributed by atoms with E-state index in [4.69, 9.17) is 15.9 Å². The number of H-pyrrole nitrogens is 1. The molecular weight excluding hydrogens is 420 g/mol. The monoisotopic (exact) mass is 444 g/mol. The van der Waals surface area contributed by atoms with Crippen LogP contribution in [0.2, 0.25) is 0 Å². The summed E-state index contributed by atoms with van der Waals surface area (Å²) >= 11 is 3.99. The first-order valence-corrected chi connectivity index (χ1v) is 9.37. The minimum Gasteiger partial charge on any atom is -0.481 e. The number of rotatable bonds is 12. The Bertz CT molecular complexity index is 772.